The molecule has 0 spiro atoms. The van der Waals surface area contributed by atoms with Crippen LogP contribution in [-0.2, 0) is 13.0 Å². The molecule has 0 saturated heterocycles. The Morgan fingerprint density at radius 1 is 1.35 bits per heavy atom. The minimum atomic E-state index is -0.205. The summed E-state index contributed by atoms with van der Waals surface area (Å²) < 4.78 is 13.9. The van der Waals surface area contributed by atoms with E-state index in [2.05, 4.69) is 36.5 Å². The number of hydrogen-bond donors (Lipinski definition) is 2. The summed E-state index contributed by atoms with van der Waals surface area (Å²) in [5, 5.41) is 6.56. The second kappa shape index (κ2) is 5.46. The third-order valence-electron chi connectivity index (χ3n) is 3.33. The number of fused-ring (bicyclic) bond motifs is 1. The number of halogens is 2. The lowest BCUT2D eigenvalue weighted by Gasteiger charge is -2.20. The summed E-state index contributed by atoms with van der Waals surface area (Å²) in [7, 11) is 0. The van der Waals surface area contributed by atoms with Crippen molar-refractivity contribution in [2.75, 3.05) is 11.9 Å². The van der Waals surface area contributed by atoms with Crippen molar-refractivity contribution in [1.82, 2.24) is 15.3 Å². The molecule has 1 aromatic heterocycles. The molecule has 104 valence electrons. The first kappa shape index (κ1) is 13.5. The van der Waals surface area contributed by atoms with Crippen LogP contribution < -0.4 is 10.6 Å². The molecule has 6 heteroatoms. The normalized spacial score (nSPS) is 13.9. The summed E-state index contributed by atoms with van der Waals surface area (Å²) in [4.78, 5) is 8.81. The van der Waals surface area contributed by atoms with Gasteiger partial charge in [0.15, 0.2) is 4.73 Å². The first-order valence-electron chi connectivity index (χ1n) is 6.42. The van der Waals surface area contributed by atoms with Gasteiger partial charge in [0.2, 0.25) is 0 Å². The van der Waals surface area contributed by atoms with Crippen molar-refractivity contribution >= 4 is 27.4 Å². The van der Waals surface area contributed by atoms with Crippen LogP contribution in [0.5, 0.6) is 0 Å². The van der Waals surface area contributed by atoms with Gasteiger partial charge in [0.25, 0.3) is 0 Å². The number of hydrogen-bond acceptors (Lipinski definition) is 4. The highest BCUT2D eigenvalue weighted by Gasteiger charge is 2.17. The SMILES string of the molecule is Cc1cc(Nc2nc(Br)nc3c2CNCC3)ccc1F. The van der Waals surface area contributed by atoms with Gasteiger partial charge in [-0.2, -0.15) is 0 Å². The molecule has 0 amide bonds. The van der Waals surface area contributed by atoms with Crippen LogP contribution in [0.3, 0.4) is 0 Å². The number of rotatable bonds is 2. The molecule has 3 rings (SSSR count). The van der Waals surface area contributed by atoms with Gasteiger partial charge in [-0.25, -0.2) is 14.4 Å². The van der Waals surface area contributed by atoms with E-state index in [1.807, 2.05) is 0 Å². The van der Waals surface area contributed by atoms with Crippen molar-refractivity contribution < 1.29 is 4.39 Å². The minimum absolute atomic E-state index is 0.205. The Balaban J connectivity index is 1.97. The van der Waals surface area contributed by atoms with Crippen LogP contribution in [0.4, 0.5) is 15.9 Å². The molecule has 1 aliphatic heterocycles. The van der Waals surface area contributed by atoms with Gasteiger partial charge in [-0.15, -0.1) is 0 Å². The Kier molecular flexibility index (Phi) is 3.67. The standard InChI is InChI=1S/C14H14BrFN4/c1-8-6-9(2-3-11(8)16)18-13-10-7-17-5-4-12(10)19-14(15)20-13/h2-3,6,17H,4-5,7H2,1H3,(H,18,19,20). The van der Waals surface area contributed by atoms with Crippen LogP contribution >= 0.6 is 15.9 Å². The summed E-state index contributed by atoms with van der Waals surface area (Å²) in [6.07, 6.45) is 0.883. The summed E-state index contributed by atoms with van der Waals surface area (Å²) >= 11 is 3.34. The van der Waals surface area contributed by atoms with E-state index in [1.54, 1.807) is 19.1 Å². The highest BCUT2D eigenvalue weighted by Crippen LogP contribution is 2.25. The lowest BCUT2D eigenvalue weighted by molar-refractivity contribution is 0.618. The Labute approximate surface area is 125 Å². The number of aromatic nitrogens is 2. The maximum Gasteiger partial charge on any atom is 0.198 e. The van der Waals surface area contributed by atoms with Crippen molar-refractivity contribution in [2.24, 2.45) is 0 Å². The zero-order valence-electron chi connectivity index (χ0n) is 11.0. The highest BCUT2D eigenvalue weighted by molar-refractivity contribution is 9.10. The summed E-state index contributed by atoms with van der Waals surface area (Å²) in [6, 6.07) is 4.94. The number of nitrogens with zero attached hydrogens (tertiary/aromatic N) is 2. The first-order valence-corrected chi connectivity index (χ1v) is 7.22. The number of nitrogens with one attached hydrogen (secondary N) is 2. The molecule has 0 bridgehead atoms. The predicted octanol–water partition coefficient (Wildman–Crippen LogP) is 3.08. The van der Waals surface area contributed by atoms with E-state index in [0.29, 0.717) is 10.3 Å². The van der Waals surface area contributed by atoms with E-state index in [4.69, 9.17) is 0 Å². The second-order valence-corrected chi connectivity index (χ2v) is 5.49. The molecule has 0 radical (unpaired) electrons. The molecule has 0 saturated carbocycles. The van der Waals surface area contributed by atoms with Gasteiger partial charge < -0.3 is 10.6 Å². The van der Waals surface area contributed by atoms with Crippen molar-refractivity contribution in [3.63, 3.8) is 0 Å². The second-order valence-electron chi connectivity index (χ2n) is 4.78. The Morgan fingerprint density at radius 3 is 3.00 bits per heavy atom. The van der Waals surface area contributed by atoms with Crippen molar-refractivity contribution in [2.45, 2.75) is 19.9 Å². The van der Waals surface area contributed by atoms with Crippen LogP contribution in [0.1, 0.15) is 16.8 Å². The zero-order chi connectivity index (χ0) is 14.1. The van der Waals surface area contributed by atoms with Gasteiger partial charge in [0.1, 0.15) is 11.6 Å². The maximum atomic E-state index is 13.3. The molecule has 20 heavy (non-hydrogen) atoms. The van der Waals surface area contributed by atoms with Crippen LogP contribution in [-0.4, -0.2) is 16.5 Å². The van der Waals surface area contributed by atoms with E-state index >= 15 is 0 Å². The van der Waals surface area contributed by atoms with Crippen LogP contribution in [0.25, 0.3) is 0 Å². The highest BCUT2D eigenvalue weighted by atomic mass is 79.9. The largest absolute Gasteiger partial charge is 0.340 e. The fraction of sp³-hybridized carbons (Fsp3) is 0.286. The molecule has 0 unspecified atom stereocenters. The van der Waals surface area contributed by atoms with Gasteiger partial charge in [-0.1, -0.05) is 0 Å². The topological polar surface area (TPSA) is 49.8 Å². The fourth-order valence-corrected chi connectivity index (χ4v) is 2.67. The average molecular weight is 337 g/mol. The Bertz CT molecular complexity index is 660. The van der Waals surface area contributed by atoms with E-state index in [9.17, 15) is 4.39 Å². The number of anilines is 2. The molecule has 4 nitrogen and oxygen atoms in total. The van der Waals surface area contributed by atoms with Crippen molar-refractivity contribution in [3.05, 3.63) is 45.6 Å². The fourth-order valence-electron chi connectivity index (χ4n) is 2.28. The molecular formula is C14H14BrFN4. The first-order chi connectivity index (χ1) is 9.63. The molecule has 2 N–H and O–H groups in total. The summed E-state index contributed by atoms with van der Waals surface area (Å²) in [5.74, 6) is 0.559. The van der Waals surface area contributed by atoms with E-state index in [-0.39, 0.29) is 5.82 Å². The number of benzene rings is 1. The quantitative estimate of drug-likeness (QED) is 0.827. The van der Waals surface area contributed by atoms with Crippen LogP contribution in [0.2, 0.25) is 0 Å². The van der Waals surface area contributed by atoms with Gasteiger partial charge in [0, 0.05) is 30.8 Å². The summed E-state index contributed by atoms with van der Waals surface area (Å²) in [6.45, 7) is 3.41. The smallest absolute Gasteiger partial charge is 0.198 e. The van der Waals surface area contributed by atoms with Crippen LogP contribution in [0.15, 0.2) is 22.9 Å². The monoisotopic (exact) mass is 336 g/mol. The molecule has 0 aliphatic carbocycles. The molecule has 1 aromatic carbocycles. The molecule has 0 atom stereocenters. The lowest BCUT2D eigenvalue weighted by atomic mass is 10.1. The Hall–Kier alpha value is -1.53. The number of aryl methyl sites for hydroxylation is 1. The predicted molar refractivity (Wildman–Crippen MR) is 79.6 cm³/mol. The maximum absolute atomic E-state index is 13.3. The van der Waals surface area contributed by atoms with E-state index in [0.717, 1.165) is 42.3 Å². The van der Waals surface area contributed by atoms with Gasteiger partial charge >= 0.3 is 0 Å². The summed E-state index contributed by atoms with van der Waals surface area (Å²) in [5.41, 5.74) is 3.55. The average Bonchev–Trinajstić information content (AvgIpc) is 2.43. The van der Waals surface area contributed by atoms with Crippen molar-refractivity contribution in [3.8, 4) is 0 Å². The molecular weight excluding hydrogens is 323 g/mol. The third kappa shape index (κ3) is 2.66. The van der Waals surface area contributed by atoms with Gasteiger partial charge in [-0.05, 0) is 46.6 Å². The van der Waals surface area contributed by atoms with Crippen molar-refractivity contribution in [1.29, 1.82) is 0 Å². The molecule has 2 heterocycles. The van der Waals surface area contributed by atoms with Gasteiger partial charge in [0.05, 0.1) is 5.69 Å². The lowest BCUT2D eigenvalue weighted by Crippen LogP contribution is -2.26. The Morgan fingerprint density at radius 2 is 2.20 bits per heavy atom. The van der Waals surface area contributed by atoms with Gasteiger partial charge in [-0.3, -0.25) is 0 Å². The zero-order valence-corrected chi connectivity index (χ0v) is 12.6. The van der Waals surface area contributed by atoms with E-state index in [1.165, 1.54) is 6.07 Å². The molecule has 1 aliphatic rings. The third-order valence-corrected chi connectivity index (χ3v) is 3.68. The minimum Gasteiger partial charge on any atom is -0.340 e. The van der Waals surface area contributed by atoms with Crippen LogP contribution in [0, 0.1) is 12.7 Å². The molecule has 2 aromatic rings. The van der Waals surface area contributed by atoms with E-state index < -0.39 is 0 Å². The molecule has 0 fully saturated rings.